The lowest BCUT2D eigenvalue weighted by atomic mass is 10.1. The lowest BCUT2D eigenvalue weighted by molar-refractivity contribution is -0.131. The van der Waals surface area contributed by atoms with Gasteiger partial charge in [0.2, 0.25) is 15.9 Å². The average molecular weight is 220 g/mol. The summed E-state index contributed by atoms with van der Waals surface area (Å²) in [7, 11) is -3.59. The largest absolute Gasteiger partial charge is 0.336 e. The van der Waals surface area contributed by atoms with Crippen molar-refractivity contribution >= 4 is 15.9 Å². The Morgan fingerprint density at radius 2 is 1.93 bits per heavy atom. The van der Waals surface area contributed by atoms with Crippen LogP contribution in [0.15, 0.2) is 0 Å². The molecule has 0 aromatic carbocycles. The molecule has 0 bridgehead atoms. The molecule has 1 atom stereocenters. The zero-order valence-corrected chi connectivity index (χ0v) is 9.47. The van der Waals surface area contributed by atoms with Crippen LogP contribution in [0.2, 0.25) is 0 Å². The van der Waals surface area contributed by atoms with Crippen molar-refractivity contribution in [1.82, 2.24) is 4.90 Å². The first-order valence-electron chi connectivity index (χ1n) is 4.44. The van der Waals surface area contributed by atoms with Crippen molar-refractivity contribution in [3.05, 3.63) is 0 Å². The van der Waals surface area contributed by atoms with Gasteiger partial charge in [-0.2, -0.15) is 0 Å². The van der Waals surface area contributed by atoms with E-state index in [1.165, 1.54) is 0 Å². The van der Waals surface area contributed by atoms with Gasteiger partial charge in [-0.25, -0.2) is 13.6 Å². The topological polar surface area (TPSA) is 80.5 Å². The van der Waals surface area contributed by atoms with Crippen LogP contribution in [0.4, 0.5) is 0 Å². The molecular weight excluding hydrogens is 204 g/mol. The number of amides is 1. The van der Waals surface area contributed by atoms with E-state index in [9.17, 15) is 13.2 Å². The van der Waals surface area contributed by atoms with E-state index in [2.05, 4.69) is 0 Å². The summed E-state index contributed by atoms with van der Waals surface area (Å²) in [5, 5.41) is 4.26. The Labute approximate surface area is 84.3 Å². The van der Waals surface area contributed by atoms with E-state index < -0.39 is 15.3 Å². The van der Waals surface area contributed by atoms with Crippen LogP contribution in [0.25, 0.3) is 0 Å². The van der Waals surface area contributed by atoms with Gasteiger partial charge >= 0.3 is 0 Å². The Kier molecular flexibility index (Phi) is 2.62. The SMILES string of the molecule is CC(C)(C)N1CC(S(N)(=O)=O)CC1=O. The number of likely N-dealkylation sites (tertiary alicyclic amines) is 1. The summed E-state index contributed by atoms with van der Waals surface area (Å²) in [5.41, 5.74) is -0.337. The van der Waals surface area contributed by atoms with Gasteiger partial charge in [0.15, 0.2) is 0 Å². The first-order chi connectivity index (χ1) is 6.12. The molecule has 1 saturated heterocycles. The molecular formula is C8H16N2O3S. The number of carbonyl (C=O) groups excluding carboxylic acids is 1. The molecule has 1 heterocycles. The van der Waals surface area contributed by atoms with Crippen molar-refractivity contribution in [3.8, 4) is 0 Å². The zero-order valence-electron chi connectivity index (χ0n) is 8.65. The van der Waals surface area contributed by atoms with Crippen molar-refractivity contribution in [3.63, 3.8) is 0 Å². The summed E-state index contributed by atoms with van der Waals surface area (Å²) >= 11 is 0. The van der Waals surface area contributed by atoms with E-state index in [0.717, 1.165) is 0 Å². The number of nitrogens with two attached hydrogens (primary N) is 1. The number of nitrogens with zero attached hydrogens (tertiary/aromatic N) is 1. The summed E-state index contributed by atoms with van der Waals surface area (Å²) in [5.74, 6) is -0.142. The van der Waals surface area contributed by atoms with Crippen LogP contribution < -0.4 is 5.14 Å². The molecule has 1 unspecified atom stereocenters. The third-order valence-electron chi connectivity index (χ3n) is 2.36. The minimum absolute atomic E-state index is 0.0100. The maximum Gasteiger partial charge on any atom is 0.224 e. The van der Waals surface area contributed by atoms with Gasteiger partial charge in [0.1, 0.15) is 5.25 Å². The fourth-order valence-electron chi connectivity index (χ4n) is 1.54. The minimum Gasteiger partial charge on any atom is -0.336 e. The zero-order chi connectivity index (χ0) is 11.1. The van der Waals surface area contributed by atoms with Gasteiger partial charge in [-0.3, -0.25) is 4.79 Å². The Balaban J connectivity index is 2.86. The number of primary sulfonamides is 1. The van der Waals surface area contributed by atoms with Crippen LogP contribution in [0.1, 0.15) is 27.2 Å². The summed E-state index contributed by atoms with van der Waals surface area (Å²) in [4.78, 5) is 13.0. The van der Waals surface area contributed by atoms with E-state index in [1.54, 1.807) is 4.90 Å². The first-order valence-corrected chi connectivity index (χ1v) is 6.05. The molecule has 1 rings (SSSR count). The van der Waals surface area contributed by atoms with Crippen molar-refractivity contribution in [2.45, 2.75) is 38.0 Å². The van der Waals surface area contributed by atoms with Gasteiger partial charge in [0.25, 0.3) is 0 Å². The quantitative estimate of drug-likeness (QED) is 0.657. The van der Waals surface area contributed by atoms with Gasteiger partial charge in [0, 0.05) is 18.5 Å². The molecule has 82 valence electrons. The Bertz CT molecular complexity index is 342. The lowest BCUT2D eigenvalue weighted by Crippen LogP contribution is -2.43. The second kappa shape index (κ2) is 3.20. The molecule has 0 aliphatic carbocycles. The molecule has 1 aliphatic heterocycles. The summed E-state index contributed by atoms with van der Waals surface area (Å²) in [6.45, 7) is 5.82. The second-order valence-corrected chi connectivity index (χ2v) is 6.44. The number of hydrogen-bond acceptors (Lipinski definition) is 3. The molecule has 0 aromatic rings. The Morgan fingerprint density at radius 1 is 1.43 bits per heavy atom. The molecule has 0 spiro atoms. The van der Waals surface area contributed by atoms with Crippen LogP contribution in [0.5, 0.6) is 0 Å². The molecule has 5 nitrogen and oxygen atoms in total. The standard InChI is InChI=1S/C8H16N2O3S/c1-8(2,3)10-5-6(4-7(10)11)14(9,12)13/h6H,4-5H2,1-3H3,(H2,9,12,13). The molecule has 1 amide bonds. The summed E-state index contributed by atoms with van der Waals surface area (Å²) in [6.07, 6.45) is 0.0100. The highest BCUT2D eigenvalue weighted by atomic mass is 32.2. The number of carbonyl (C=O) groups is 1. The predicted octanol–water partition coefficient (Wildman–Crippen LogP) is -0.326. The van der Waals surface area contributed by atoms with Gasteiger partial charge in [0.05, 0.1) is 0 Å². The van der Waals surface area contributed by atoms with E-state index in [-0.39, 0.29) is 24.4 Å². The fraction of sp³-hybridized carbons (Fsp3) is 0.875. The predicted molar refractivity (Wildman–Crippen MR) is 53.0 cm³/mol. The number of rotatable bonds is 1. The highest BCUT2D eigenvalue weighted by Crippen LogP contribution is 2.24. The van der Waals surface area contributed by atoms with Crippen LogP contribution >= 0.6 is 0 Å². The molecule has 2 N–H and O–H groups in total. The lowest BCUT2D eigenvalue weighted by Gasteiger charge is -2.31. The highest BCUT2D eigenvalue weighted by Gasteiger charge is 2.40. The van der Waals surface area contributed by atoms with Crippen LogP contribution in [-0.2, 0) is 14.8 Å². The fourth-order valence-corrected chi connectivity index (χ4v) is 2.27. The van der Waals surface area contributed by atoms with Crippen LogP contribution in [0, 0.1) is 0 Å². The number of sulfonamides is 1. The summed E-state index contributed by atoms with van der Waals surface area (Å²) in [6, 6.07) is 0. The highest BCUT2D eigenvalue weighted by molar-refractivity contribution is 7.89. The molecule has 14 heavy (non-hydrogen) atoms. The van der Waals surface area contributed by atoms with Crippen LogP contribution in [-0.4, -0.2) is 36.6 Å². The Morgan fingerprint density at radius 3 is 2.14 bits per heavy atom. The third-order valence-corrected chi connectivity index (χ3v) is 3.61. The molecule has 6 heteroatoms. The Hall–Kier alpha value is -0.620. The molecule has 1 aliphatic rings. The van der Waals surface area contributed by atoms with E-state index >= 15 is 0 Å². The maximum absolute atomic E-state index is 11.5. The molecule has 1 fully saturated rings. The van der Waals surface area contributed by atoms with Crippen molar-refractivity contribution < 1.29 is 13.2 Å². The van der Waals surface area contributed by atoms with Crippen molar-refractivity contribution in [1.29, 1.82) is 0 Å². The monoisotopic (exact) mass is 220 g/mol. The normalized spacial score (nSPS) is 24.4. The van der Waals surface area contributed by atoms with Crippen molar-refractivity contribution in [2.75, 3.05) is 6.54 Å². The van der Waals surface area contributed by atoms with E-state index in [0.29, 0.717) is 0 Å². The third kappa shape index (κ3) is 2.24. The summed E-state index contributed by atoms with van der Waals surface area (Å²) < 4.78 is 22.1. The smallest absolute Gasteiger partial charge is 0.224 e. The average Bonchev–Trinajstić information content (AvgIpc) is 2.27. The van der Waals surface area contributed by atoms with Gasteiger partial charge in [-0.05, 0) is 20.8 Å². The first kappa shape index (κ1) is 11.5. The number of hydrogen-bond donors (Lipinski definition) is 1. The van der Waals surface area contributed by atoms with Gasteiger partial charge in [-0.1, -0.05) is 0 Å². The minimum atomic E-state index is -3.59. The van der Waals surface area contributed by atoms with Crippen molar-refractivity contribution in [2.24, 2.45) is 5.14 Å². The maximum atomic E-state index is 11.5. The van der Waals surface area contributed by atoms with E-state index in [1.807, 2.05) is 20.8 Å². The molecule has 0 aromatic heterocycles. The van der Waals surface area contributed by atoms with Gasteiger partial charge < -0.3 is 4.90 Å². The second-order valence-electron chi connectivity index (χ2n) is 4.59. The molecule has 0 saturated carbocycles. The van der Waals surface area contributed by atoms with E-state index in [4.69, 9.17) is 5.14 Å². The van der Waals surface area contributed by atoms with Crippen LogP contribution in [0.3, 0.4) is 0 Å². The molecule has 0 radical (unpaired) electrons. The van der Waals surface area contributed by atoms with Gasteiger partial charge in [-0.15, -0.1) is 0 Å².